The molecule has 0 aliphatic rings. The van der Waals surface area contributed by atoms with Crippen molar-refractivity contribution in [2.75, 3.05) is 33.6 Å². The Morgan fingerprint density at radius 3 is 2.46 bits per heavy atom. The Labute approximate surface area is 144 Å². The Morgan fingerprint density at radius 2 is 1.88 bits per heavy atom. The van der Waals surface area contributed by atoms with E-state index in [-0.39, 0.29) is 9.77 Å². The highest BCUT2D eigenvalue weighted by Gasteiger charge is 2.21. The number of benzene rings is 1. The predicted octanol–water partition coefficient (Wildman–Crippen LogP) is 2.27. The maximum Gasteiger partial charge on any atom is 0.265 e. The third kappa shape index (κ3) is 3.69. The smallest absolute Gasteiger partial charge is 0.265 e. The van der Waals surface area contributed by atoms with E-state index in [1.54, 1.807) is 18.2 Å². The van der Waals surface area contributed by atoms with Crippen molar-refractivity contribution < 1.29 is 22.7 Å². The van der Waals surface area contributed by atoms with Crippen molar-refractivity contribution in [3.63, 3.8) is 0 Å². The van der Waals surface area contributed by atoms with Crippen LogP contribution in [0.25, 0.3) is 0 Å². The molecule has 0 saturated heterocycles. The summed E-state index contributed by atoms with van der Waals surface area (Å²) < 4.78 is 35.6. The number of ether oxygens (including phenoxy) is 2. The first-order valence-corrected chi connectivity index (χ1v) is 9.16. The number of hydrogen-bond acceptors (Lipinski definition) is 6. The SMILES string of the molecule is COc1ccc(NC(=O)c2cc(S(=O)(=O)N(C)C)cs2)c(OC)c1. The van der Waals surface area contributed by atoms with Gasteiger partial charge < -0.3 is 14.8 Å². The van der Waals surface area contributed by atoms with Gasteiger partial charge in [0.05, 0.1) is 29.7 Å². The minimum Gasteiger partial charge on any atom is -0.497 e. The van der Waals surface area contributed by atoms with Crippen LogP contribution in [0.3, 0.4) is 0 Å². The largest absolute Gasteiger partial charge is 0.497 e. The van der Waals surface area contributed by atoms with Crippen LogP contribution in [0.1, 0.15) is 9.67 Å². The summed E-state index contributed by atoms with van der Waals surface area (Å²) in [7, 11) is 2.33. The number of methoxy groups -OCH3 is 2. The summed E-state index contributed by atoms with van der Waals surface area (Å²) in [5, 5.41) is 4.15. The lowest BCUT2D eigenvalue weighted by Gasteiger charge is -2.11. The van der Waals surface area contributed by atoms with Gasteiger partial charge in [0, 0.05) is 25.5 Å². The van der Waals surface area contributed by atoms with Crippen LogP contribution in [-0.2, 0) is 10.0 Å². The number of carbonyl (C=O) groups is 1. The molecule has 0 saturated carbocycles. The molecule has 24 heavy (non-hydrogen) atoms. The second kappa shape index (κ2) is 7.20. The second-order valence-electron chi connectivity index (χ2n) is 4.95. The quantitative estimate of drug-likeness (QED) is 0.843. The summed E-state index contributed by atoms with van der Waals surface area (Å²) in [5.74, 6) is 0.629. The number of thiophene rings is 1. The molecule has 2 rings (SSSR count). The highest BCUT2D eigenvalue weighted by Crippen LogP contribution is 2.30. The highest BCUT2D eigenvalue weighted by molar-refractivity contribution is 7.89. The van der Waals surface area contributed by atoms with Gasteiger partial charge in [-0.2, -0.15) is 0 Å². The molecule has 1 aromatic carbocycles. The molecule has 0 aliphatic heterocycles. The Hall–Kier alpha value is -2.10. The van der Waals surface area contributed by atoms with E-state index in [9.17, 15) is 13.2 Å². The van der Waals surface area contributed by atoms with Gasteiger partial charge in [-0.3, -0.25) is 4.79 Å². The highest BCUT2D eigenvalue weighted by atomic mass is 32.2. The van der Waals surface area contributed by atoms with E-state index in [1.165, 1.54) is 39.8 Å². The van der Waals surface area contributed by atoms with Crippen LogP contribution < -0.4 is 14.8 Å². The number of carbonyl (C=O) groups excluding carboxylic acids is 1. The summed E-state index contributed by atoms with van der Waals surface area (Å²) in [4.78, 5) is 12.7. The van der Waals surface area contributed by atoms with Crippen molar-refractivity contribution in [2.45, 2.75) is 4.90 Å². The standard InChI is InChI=1S/C15H18N2O5S2/c1-17(2)24(19,20)11-8-14(23-9-11)15(18)16-12-6-5-10(21-3)7-13(12)22-4/h5-9H,1-4H3,(H,16,18). The summed E-state index contributed by atoms with van der Waals surface area (Å²) in [5.41, 5.74) is 0.466. The van der Waals surface area contributed by atoms with E-state index < -0.39 is 15.9 Å². The first-order valence-electron chi connectivity index (χ1n) is 6.84. The molecule has 0 fully saturated rings. The van der Waals surface area contributed by atoms with Crippen LogP contribution >= 0.6 is 11.3 Å². The minimum absolute atomic E-state index is 0.0874. The van der Waals surface area contributed by atoms with Crippen molar-refractivity contribution in [1.82, 2.24) is 4.31 Å². The first-order chi connectivity index (χ1) is 11.3. The van der Waals surface area contributed by atoms with E-state index in [0.29, 0.717) is 17.2 Å². The number of rotatable bonds is 6. The summed E-state index contributed by atoms with van der Waals surface area (Å²) in [6.07, 6.45) is 0. The lowest BCUT2D eigenvalue weighted by Crippen LogP contribution is -2.21. The molecule has 1 aromatic heterocycles. The van der Waals surface area contributed by atoms with Gasteiger partial charge in [-0.05, 0) is 18.2 Å². The topological polar surface area (TPSA) is 84.9 Å². The Kier molecular flexibility index (Phi) is 5.47. The fraction of sp³-hybridized carbons (Fsp3) is 0.267. The molecule has 0 atom stereocenters. The van der Waals surface area contributed by atoms with Gasteiger partial charge in [-0.15, -0.1) is 11.3 Å². The fourth-order valence-corrected chi connectivity index (χ4v) is 3.93. The molecule has 0 radical (unpaired) electrons. The molecule has 2 aromatic rings. The molecule has 9 heteroatoms. The van der Waals surface area contributed by atoms with Crippen molar-refractivity contribution >= 4 is 33.0 Å². The average Bonchev–Trinajstić information content (AvgIpc) is 3.05. The van der Waals surface area contributed by atoms with E-state index in [4.69, 9.17) is 9.47 Å². The monoisotopic (exact) mass is 370 g/mol. The van der Waals surface area contributed by atoms with Crippen molar-refractivity contribution in [2.24, 2.45) is 0 Å². The second-order valence-corrected chi connectivity index (χ2v) is 8.02. The molecule has 1 N–H and O–H groups in total. The van der Waals surface area contributed by atoms with Crippen molar-refractivity contribution in [3.8, 4) is 11.5 Å². The number of nitrogens with zero attached hydrogens (tertiary/aromatic N) is 1. The van der Waals surface area contributed by atoms with Gasteiger partial charge in [0.15, 0.2) is 0 Å². The van der Waals surface area contributed by atoms with Crippen LogP contribution in [0.5, 0.6) is 11.5 Å². The lowest BCUT2D eigenvalue weighted by atomic mass is 10.2. The van der Waals surface area contributed by atoms with Gasteiger partial charge in [0.1, 0.15) is 11.5 Å². The normalized spacial score (nSPS) is 11.4. The zero-order valence-corrected chi connectivity index (χ0v) is 15.3. The third-order valence-corrected chi connectivity index (χ3v) is 6.11. The van der Waals surface area contributed by atoms with Crippen LogP contribution in [0, 0.1) is 0 Å². The number of sulfonamides is 1. The fourth-order valence-electron chi connectivity index (χ4n) is 1.87. The van der Waals surface area contributed by atoms with Crippen molar-refractivity contribution in [3.05, 3.63) is 34.5 Å². The number of nitrogens with one attached hydrogen (secondary N) is 1. The van der Waals surface area contributed by atoms with Gasteiger partial charge >= 0.3 is 0 Å². The van der Waals surface area contributed by atoms with Crippen molar-refractivity contribution in [1.29, 1.82) is 0 Å². The van der Waals surface area contributed by atoms with Crippen LogP contribution in [0.2, 0.25) is 0 Å². The molecule has 0 spiro atoms. The molecule has 1 heterocycles. The minimum atomic E-state index is -3.56. The molecule has 7 nitrogen and oxygen atoms in total. The zero-order chi connectivity index (χ0) is 17.9. The van der Waals surface area contributed by atoms with Crippen LogP contribution in [-0.4, -0.2) is 46.9 Å². The maximum atomic E-state index is 12.4. The van der Waals surface area contributed by atoms with E-state index in [1.807, 2.05) is 0 Å². The van der Waals surface area contributed by atoms with Crippen LogP contribution in [0.15, 0.2) is 34.5 Å². The van der Waals surface area contributed by atoms with Gasteiger partial charge in [0.25, 0.3) is 5.91 Å². The van der Waals surface area contributed by atoms with E-state index >= 15 is 0 Å². The molecular formula is C15H18N2O5S2. The lowest BCUT2D eigenvalue weighted by molar-refractivity contribution is 0.103. The van der Waals surface area contributed by atoms with E-state index in [0.717, 1.165) is 15.6 Å². The average molecular weight is 370 g/mol. The number of hydrogen-bond donors (Lipinski definition) is 1. The molecule has 130 valence electrons. The van der Waals surface area contributed by atoms with Gasteiger partial charge in [-0.1, -0.05) is 0 Å². The maximum absolute atomic E-state index is 12.4. The summed E-state index contributed by atoms with van der Waals surface area (Å²) in [6, 6.07) is 6.34. The molecule has 0 bridgehead atoms. The summed E-state index contributed by atoms with van der Waals surface area (Å²) >= 11 is 1.06. The van der Waals surface area contributed by atoms with Gasteiger partial charge in [0.2, 0.25) is 10.0 Å². The van der Waals surface area contributed by atoms with Crippen LogP contribution in [0.4, 0.5) is 5.69 Å². The number of anilines is 1. The molecule has 0 unspecified atom stereocenters. The third-order valence-electron chi connectivity index (χ3n) is 3.23. The Balaban J connectivity index is 2.24. The Bertz CT molecular complexity index is 843. The molecule has 0 aliphatic carbocycles. The van der Waals surface area contributed by atoms with E-state index in [2.05, 4.69) is 5.32 Å². The number of amides is 1. The Morgan fingerprint density at radius 1 is 1.17 bits per heavy atom. The first kappa shape index (κ1) is 18.2. The van der Waals surface area contributed by atoms with Gasteiger partial charge in [-0.25, -0.2) is 12.7 Å². The summed E-state index contributed by atoms with van der Waals surface area (Å²) in [6.45, 7) is 0. The predicted molar refractivity (Wildman–Crippen MR) is 92.7 cm³/mol. The molecule has 1 amide bonds. The molecular weight excluding hydrogens is 352 g/mol. The zero-order valence-electron chi connectivity index (χ0n) is 13.7.